The lowest BCUT2D eigenvalue weighted by Crippen LogP contribution is -2.14. The molecule has 0 unspecified atom stereocenters. The molecule has 0 saturated heterocycles. The molecule has 0 nitrogen and oxygen atoms in total. The molecular weight excluding hydrogens is 240 g/mol. The zero-order valence-electron chi connectivity index (χ0n) is 13.3. The first-order valence-corrected chi connectivity index (χ1v) is 7.43. The predicted octanol–water partition coefficient (Wildman–Crippen LogP) is 5.71. The Labute approximate surface area is 123 Å². The van der Waals surface area contributed by atoms with Gasteiger partial charge in [-0.15, -0.1) is 0 Å². The van der Waals surface area contributed by atoms with Gasteiger partial charge in [-0.05, 0) is 33.6 Å². The van der Waals surface area contributed by atoms with Crippen LogP contribution in [-0.4, -0.2) is 0 Å². The van der Waals surface area contributed by atoms with Crippen LogP contribution in [0.4, 0.5) is 0 Å². The van der Waals surface area contributed by atoms with Gasteiger partial charge >= 0.3 is 0 Å². The van der Waals surface area contributed by atoms with Crippen LogP contribution in [0.15, 0.2) is 48.5 Å². The molecule has 0 aliphatic rings. The summed E-state index contributed by atoms with van der Waals surface area (Å²) in [6.45, 7) is 11.3. The number of benzene rings is 2. The van der Waals surface area contributed by atoms with Crippen LogP contribution in [0, 0.1) is 6.42 Å². The van der Waals surface area contributed by atoms with Crippen LogP contribution >= 0.6 is 0 Å². The Bertz CT molecular complexity index is 571. The molecule has 2 aromatic rings. The topological polar surface area (TPSA) is 0 Å². The van der Waals surface area contributed by atoms with E-state index >= 15 is 0 Å². The molecule has 0 saturated carbocycles. The van der Waals surface area contributed by atoms with E-state index in [4.69, 9.17) is 0 Å². The summed E-state index contributed by atoms with van der Waals surface area (Å²) in [5.41, 5.74) is 5.64. The lowest BCUT2D eigenvalue weighted by molar-refractivity contribution is 0.587. The molecule has 0 aliphatic heterocycles. The highest BCUT2D eigenvalue weighted by Gasteiger charge is 2.18. The normalized spacial score (nSPS) is 11.9. The van der Waals surface area contributed by atoms with Crippen molar-refractivity contribution in [1.82, 2.24) is 0 Å². The van der Waals surface area contributed by atoms with Crippen molar-refractivity contribution in [1.29, 1.82) is 0 Å². The summed E-state index contributed by atoms with van der Waals surface area (Å²) in [4.78, 5) is 0. The number of hydrogen-bond acceptors (Lipinski definition) is 0. The van der Waals surface area contributed by atoms with Crippen LogP contribution in [0.2, 0.25) is 0 Å². The second-order valence-electron chi connectivity index (χ2n) is 6.77. The second kappa shape index (κ2) is 5.83. The molecule has 105 valence electrons. The molecule has 0 heteroatoms. The molecule has 0 amide bonds. The first kappa shape index (κ1) is 14.8. The summed E-state index contributed by atoms with van der Waals surface area (Å²) in [6.07, 6.45) is 2.33. The number of hydrogen-bond donors (Lipinski definition) is 0. The molecule has 0 aromatic heterocycles. The molecule has 1 radical (unpaired) electrons. The third-order valence-corrected chi connectivity index (χ3v) is 3.70. The summed E-state index contributed by atoms with van der Waals surface area (Å²) in [5, 5.41) is 0. The van der Waals surface area contributed by atoms with Gasteiger partial charge in [-0.3, -0.25) is 0 Å². The van der Waals surface area contributed by atoms with Crippen molar-refractivity contribution in [2.45, 2.75) is 46.0 Å². The van der Waals surface area contributed by atoms with Gasteiger partial charge in [-0.1, -0.05) is 83.1 Å². The maximum Gasteiger partial charge on any atom is 0.0205 e. The highest BCUT2D eigenvalue weighted by Crippen LogP contribution is 2.30. The van der Waals surface area contributed by atoms with Gasteiger partial charge in [0.05, 0.1) is 0 Å². The van der Waals surface area contributed by atoms with E-state index in [-0.39, 0.29) is 5.41 Å². The molecule has 20 heavy (non-hydrogen) atoms. The van der Waals surface area contributed by atoms with Crippen molar-refractivity contribution in [3.63, 3.8) is 0 Å². The van der Waals surface area contributed by atoms with Crippen LogP contribution in [0.5, 0.6) is 0 Å². The summed E-state index contributed by atoms with van der Waals surface area (Å²) in [7, 11) is 0. The standard InChI is InChI=1S/C20H25/c1-15(2)18-12-8-6-10-16(18)14-17-11-7-9-13-19(17)20(3,4)5/h6-15H,1-5H3. The fraction of sp³-hybridized carbons (Fsp3) is 0.350. The monoisotopic (exact) mass is 265 g/mol. The van der Waals surface area contributed by atoms with Crippen LogP contribution < -0.4 is 0 Å². The van der Waals surface area contributed by atoms with E-state index in [1.165, 1.54) is 22.3 Å². The third kappa shape index (κ3) is 3.30. The Kier molecular flexibility index (Phi) is 4.32. The lowest BCUT2D eigenvalue weighted by atomic mass is 9.81. The zero-order valence-corrected chi connectivity index (χ0v) is 13.3. The molecule has 2 rings (SSSR count). The van der Waals surface area contributed by atoms with E-state index in [9.17, 15) is 0 Å². The van der Waals surface area contributed by atoms with Gasteiger partial charge < -0.3 is 0 Å². The fourth-order valence-electron chi connectivity index (χ4n) is 2.64. The molecule has 2 aromatic carbocycles. The van der Waals surface area contributed by atoms with Gasteiger partial charge in [0.25, 0.3) is 0 Å². The van der Waals surface area contributed by atoms with Gasteiger partial charge in [0.2, 0.25) is 0 Å². The quantitative estimate of drug-likeness (QED) is 0.667. The SMILES string of the molecule is CC(C)c1ccccc1[CH]c1ccccc1C(C)(C)C. The van der Waals surface area contributed by atoms with E-state index in [1.807, 2.05) is 0 Å². The van der Waals surface area contributed by atoms with Crippen molar-refractivity contribution in [3.05, 3.63) is 77.2 Å². The smallest absolute Gasteiger partial charge is 0.0205 e. The zero-order chi connectivity index (χ0) is 14.8. The van der Waals surface area contributed by atoms with E-state index < -0.39 is 0 Å². The summed E-state index contributed by atoms with van der Waals surface area (Å²) >= 11 is 0. The van der Waals surface area contributed by atoms with Crippen LogP contribution in [0.25, 0.3) is 0 Å². The molecule has 0 heterocycles. The molecule has 0 atom stereocenters. The first-order chi connectivity index (χ1) is 9.39. The Morgan fingerprint density at radius 2 is 1.35 bits per heavy atom. The molecular formula is C20H25. The minimum Gasteiger partial charge on any atom is -0.0620 e. The Morgan fingerprint density at radius 3 is 1.95 bits per heavy atom. The van der Waals surface area contributed by atoms with Crippen molar-refractivity contribution in [2.75, 3.05) is 0 Å². The van der Waals surface area contributed by atoms with Gasteiger partial charge in [0.1, 0.15) is 0 Å². The Hall–Kier alpha value is -1.56. The third-order valence-electron chi connectivity index (χ3n) is 3.70. The summed E-state index contributed by atoms with van der Waals surface area (Å²) < 4.78 is 0. The van der Waals surface area contributed by atoms with E-state index in [0.29, 0.717) is 5.92 Å². The van der Waals surface area contributed by atoms with Crippen LogP contribution in [0.1, 0.15) is 62.8 Å². The predicted molar refractivity (Wildman–Crippen MR) is 88.2 cm³/mol. The average molecular weight is 265 g/mol. The Morgan fingerprint density at radius 1 is 0.800 bits per heavy atom. The van der Waals surface area contributed by atoms with E-state index in [2.05, 4.69) is 89.6 Å². The van der Waals surface area contributed by atoms with Gasteiger partial charge in [-0.2, -0.15) is 0 Å². The highest BCUT2D eigenvalue weighted by atomic mass is 14.2. The minimum atomic E-state index is 0.167. The fourth-order valence-corrected chi connectivity index (χ4v) is 2.64. The molecule has 0 spiro atoms. The lowest BCUT2D eigenvalue weighted by Gasteiger charge is -2.23. The minimum absolute atomic E-state index is 0.167. The van der Waals surface area contributed by atoms with Crippen molar-refractivity contribution < 1.29 is 0 Å². The maximum atomic E-state index is 2.33. The molecule has 0 bridgehead atoms. The van der Waals surface area contributed by atoms with E-state index in [1.54, 1.807) is 0 Å². The van der Waals surface area contributed by atoms with Crippen molar-refractivity contribution in [3.8, 4) is 0 Å². The largest absolute Gasteiger partial charge is 0.0620 e. The molecule has 0 fully saturated rings. The van der Waals surface area contributed by atoms with Crippen molar-refractivity contribution >= 4 is 0 Å². The van der Waals surface area contributed by atoms with Crippen LogP contribution in [-0.2, 0) is 5.41 Å². The first-order valence-electron chi connectivity index (χ1n) is 7.43. The average Bonchev–Trinajstić information content (AvgIpc) is 2.38. The van der Waals surface area contributed by atoms with Crippen LogP contribution in [0.3, 0.4) is 0 Å². The maximum absolute atomic E-state index is 2.33. The second-order valence-corrected chi connectivity index (χ2v) is 6.77. The molecule has 0 N–H and O–H groups in total. The Balaban J connectivity index is 2.41. The summed E-state index contributed by atoms with van der Waals surface area (Å²) in [5.74, 6) is 0.546. The van der Waals surface area contributed by atoms with Gasteiger partial charge in [0.15, 0.2) is 0 Å². The van der Waals surface area contributed by atoms with Gasteiger partial charge in [-0.25, -0.2) is 0 Å². The van der Waals surface area contributed by atoms with Crippen molar-refractivity contribution in [2.24, 2.45) is 0 Å². The van der Waals surface area contributed by atoms with Gasteiger partial charge in [0, 0.05) is 6.42 Å². The number of rotatable bonds is 3. The molecule has 0 aliphatic carbocycles. The highest BCUT2D eigenvalue weighted by molar-refractivity contribution is 5.47. The van der Waals surface area contributed by atoms with E-state index in [0.717, 1.165) is 0 Å². The summed E-state index contributed by atoms with van der Waals surface area (Å²) in [6, 6.07) is 17.4.